The minimum absolute atomic E-state index is 0.00526. The van der Waals surface area contributed by atoms with Gasteiger partial charge in [-0.25, -0.2) is 0 Å². The number of carbonyl (C=O) groups is 1. The van der Waals surface area contributed by atoms with Gasteiger partial charge in [0, 0.05) is 11.8 Å². The summed E-state index contributed by atoms with van der Waals surface area (Å²) in [7, 11) is 0. The average molecular weight is 256 g/mol. The van der Waals surface area contributed by atoms with Crippen LogP contribution in [0.1, 0.15) is 40.0 Å². The van der Waals surface area contributed by atoms with Gasteiger partial charge in [-0.1, -0.05) is 13.8 Å². The van der Waals surface area contributed by atoms with E-state index in [1.54, 1.807) is 0 Å². The first-order chi connectivity index (χ1) is 8.09. The van der Waals surface area contributed by atoms with Gasteiger partial charge in [0.05, 0.1) is 12.2 Å². The molecule has 17 heavy (non-hydrogen) atoms. The smallest absolute Gasteiger partial charge is 0.241 e. The lowest BCUT2D eigenvalue weighted by Crippen LogP contribution is -2.47. The van der Waals surface area contributed by atoms with Crippen molar-refractivity contribution < 1.29 is 4.79 Å². The van der Waals surface area contributed by atoms with Gasteiger partial charge in [0.2, 0.25) is 5.91 Å². The molecule has 0 aromatic carbocycles. The highest BCUT2D eigenvalue weighted by Gasteiger charge is 2.40. The highest BCUT2D eigenvalue weighted by molar-refractivity contribution is 7.99. The van der Waals surface area contributed by atoms with Crippen LogP contribution >= 0.6 is 11.8 Å². The molecule has 2 aliphatic rings. The molecule has 98 valence electrons. The molecule has 1 amide bonds. The molecule has 2 aliphatic heterocycles. The average Bonchev–Trinajstić information content (AvgIpc) is 2.55. The first-order valence-corrected chi connectivity index (χ1v) is 7.91. The van der Waals surface area contributed by atoms with Crippen LogP contribution in [0.2, 0.25) is 0 Å². The molecule has 3 nitrogen and oxygen atoms in total. The predicted molar refractivity (Wildman–Crippen MR) is 73.0 cm³/mol. The normalized spacial score (nSPS) is 34.7. The Kier molecular flexibility index (Phi) is 4.36. The van der Waals surface area contributed by atoms with Crippen molar-refractivity contribution in [2.45, 2.75) is 58.3 Å². The van der Waals surface area contributed by atoms with Gasteiger partial charge in [-0.15, -0.1) is 0 Å². The predicted octanol–water partition coefficient (Wildman–Crippen LogP) is 2.07. The molecule has 2 heterocycles. The molecule has 0 radical (unpaired) electrons. The van der Waals surface area contributed by atoms with Crippen LogP contribution in [0.15, 0.2) is 0 Å². The largest absolute Gasteiger partial charge is 0.322 e. The van der Waals surface area contributed by atoms with Crippen molar-refractivity contribution in [1.29, 1.82) is 0 Å². The first-order valence-electron chi connectivity index (χ1n) is 6.75. The first kappa shape index (κ1) is 13.2. The molecule has 3 unspecified atom stereocenters. The minimum Gasteiger partial charge on any atom is -0.322 e. The van der Waals surface area contributed by atoms with Gasteiger partial charge in [-0.05, 0) is 37.9 Å². The second-order valence-corrected chi connectivity index (χ2v) is 6.80. The van der Waals surface area contributed by atoms with Gasteiger partial charge < -0.3 is 4.90 Å². The maximum atomic E-state index is 12.3. The van der Waals surface area contributed by atoms with Crippen LogP contribution in [0.4, 0.5) is 0 Å². The Morgan fingerprint density at radius 2 is 2.29 bits per heavy atom. The van der Waals surface area contributed by atoms with Crippen molar-refractivity contribution >= 4 is 17.7 Å². The van der Waals surface area contributed by atoms with E-state index in [9.17, 15) is 4.79 Å². The van der Waals surface area contributed by atoms with Gasteiger partial charge in [0.15, 0.2) is 0 Å². The number of hydrogen-bond donors (Lipinski definition) is 1. The van der Waals surface area contributed by atoms with Crippen LogP contribution in [-0.2, 0) is 4.79 Å². The van der Waals surface area contributed by atoms with E-state index in [-0.39, 0.29) is 12.2 Å². The number of nitrogens with one attached hydrogen (secondary N) is 1. The van der Waals surface area contributed by atoms with Crippen molar-refractivity contribution in [3.05, 3.63) is 0 Å². The van der Waals surface area contributed by atoms with E-state index in [1.807, 2.05) is 18.7 Å². The maximum Gasteiger partial charge on any atom is 0.241 e. The summed E-state index contributed by atoms with van der Waals surface area (Å²) in [4.78, 5) is 14.4. The number of hydrogen-bond acceptors (Lipinski definition) is 3. The Labute approximate surface area is 109 Å². The lowest BCUT2D eigenvalue weighted by atomic mass is 10.1. The quantitative estimate of drug-likeness (QED) is 0.839. The molecule has 4 heteroatoms. The SMILES string of the molecule is CC(C)CC1NC(C)C(=O)N1C1CCCSC1. The third kappa shape index (κ3) is 2.97. The third-order valence-electron chi connectivity index (χ3n) is 3.63. The van der Waals surface area contributed by atoms with Gasteiger partial charge in [0.25, 0.3) is 0 Å². The van der Waals surface area contributed by atoms with Crippen molar-refractivity contribution in [2.75, 3.05) is 11.5 Å². The van der Waals surface area contributed by atoms with E-state index in [0.717, 1.165) is 12.2 Å². The summed E-state index contributed by atoms with van der Waals surface area (Å²) in [5.74, 6) is 3.32. The Morgan fingerprint density at radius 3 is 2.88 bits per heavy atom. The number of amides is 1. The maximum absolute atomic E-state index is 12.3. The van der Waals surface area contributed by atoms with E-state index in [1.165, 1.54) is 18.6 Å². The van der Waals surface area contributed by atoms with E-state index in [4.69, 9.17) is 0 Å². The van der Waals surface area contributed by atoms with Gasteiger partial charge in [0.1, 0.15) is 0 Å². The molecule has 0 bridgehead atoms. The molecule has 1 N–H and O–H groups in total. The number of nitrogens with zero attached hydrogens (tertiary/aromatic N) is 1. The molecule has 0 aromatic heterocycles. The van der Waals surface area contributed by atoms with Crippen LogP contribution in [-0.4, -0.2) is 40.6 Å². The second-order valence-electron chi connectivity index (χ2n) is 5.65. The molecule has 2 fully saturated rings. The zero-order valence-electron chi connectivity index (χ0n) is 11.1. The third-order valence-corrected chi connectivity index (χ3v) is 4.83. The molecule has 2 saturated heterocycles. The van der Waals surface area contributed by atoms with E-state index < -0.39 is 0 Å². The van der Waals surface area contributed by atoms with Crippen LogP contribution in [0.3, 0.4) is 0 Å². The zero-order valence-corrected chi connectivity index (χ0v) is 11.9. The summed E-state index contributed by atoms with van der Waals surface area (Å²) >= 11 is 1.99. The lowest BCUT2D eigenvalue weighted by Gasteiger charge is -2.35. The number of rotatable bonds is 3. The summed E-state index contributed by atoms with van der Waals surface area (Å²) in [6.07, 6.45) is 3.77. The van der Waals surface area contributed by atoms with Crippen LogP contribution in [0, 0.1) is 5.92 Å². The summed E-state index contributed by atoms with van der Waals surface area (Å²) in [5, 5.41) is 3.45. The van der Waals surface area contributed by atoms with E-state index in [0.29, 0.717) is 17.9 Å². The van der Waals surface area contributed by atoms with Crippen LogP contribution < -0.4 is 5.32 Å². The number of thioether (sulfide) groups is 1. The lowest BCUT2D eigenvalue weighted by molar-refractivity contribution is -0.131. The van der Waals surface area contributed by atoms with Gasteiger partial charge >= 0.3 is 0 Å². The van der Waals surface area contributed by atoms with Crippen molar-refractivity contribution in [3.63, 3.8) is 0 Å². The van der Waals surface area contributed by atoms with Crippen molar-refractivity contribution in [2.24, 2.45) is 5.92 Å². The standard InChI is InChI=1S/C13H24N2OS/c1-9(2)7-12-14-10(3)13(16)15(12)11-5-4-6-17-8-11/h9-12,14H,4-8H2,1-3H3. The fourth-order valence-electron chi connectivity index (χ4n) is 2.82. The number of carbonyl (C=O) groups excluding carboxylic acids is 1. The fraction of sp³-hybridized carbons (Fsp3) is 0.923. The summed E-state index contributed by atoms with van der Waals surface area (Å²) in [6, 6.07) is 0.466. The van der Waals surface area contributed by atoms with Crippen molar-refractivity contribution in [3.8, 4) is 0 Å². The topological polar surface area (TPSA) is 32.3 Å². The molecule has 0 spiro atoms. The highest BCUT2D eigenvalue weighted by Crippen LogP contribution is 2.28. The van der Waals surface area contributed by atoms with Gasteiger partial charge in [-0.2, -0.15) is 11.8 Å². The minimum atomic E-state index is 0.00526. The summed E-state index contributed by atoms with van der Waals surface area (Å²) < 4.78 is 0. The molecule has 0 aromatic rings. The Hall–Kier alpha value is -0.220. The Morgan fingerprint density at radius 1 is 1.53 bits per heavy atom. The van der Waals surface area contributed by atoms with Crippen LogP contribution in [0.5, 0.6) is 0 Å². The molecular formula is C13H24N2OS. The molecular weight excluding hydrogens is 232 g/mol. The Bertz CT molecular complexity index is 277. The highest BCUT2D eigenvalue weighted by atomic mass is 32.2. The molecule has 3 atom stereocenters. The monoisotopic (exact) mass is 256 g/mol. The molecule has 0 aliphatic carbocycles. The Balaban J connectivity index is 2.06. The van der Waals surface area contributed by atoms with Crippen LogP contribution in [0.25, 0.3) is 0 Å². The zero-order chi connectivity index (χ0) is 12.4. The molecule has 0 saturated carbocycles. The van der Waals surface area contributed by atoms with Gasteiger partial charge in [-0.3, -0.25) is 10.1 Å². The van der Waals surface area contributed by atoms with Crippen molar-refractivity contribution in [1.82, 2.24) is 10.2 Å². The fourth-order valence-corrected chi connectivity index (χ4v) is 3.96. The summed E-state index contributed by atoms with van der Waals surface area (Å²) in [5.41, 5.74) is 0. The second kappa shape index (κ2) is 5.61. The van der Waals surface area contributed by atoms with E-state index >= 15 is 0 Å². The summed E-state index contributed by atoms with van der Waals surface area (Å²) in [6.45, 7) is 6.44. The molecule has 2 rings (SSSR count). The van der Waals surface area contributed by atoms with E-state index in [2.05, 4.69) is 24.1 Å².